The fourth-order valence-corrected chi connectivity index (χ4v) is 2.18. The Kier molecular flexibility index (Phi) is 9.58. The predicted octanol–water partition coefficient (Wildman–Crippen LogP) is 0.655. The Hall–Kier alpha value is -0.690. The highest BCUT2D eigenvalue weighted by Gasteiger charge is 2.30. The highest BCUT2D eigenvalue weighted by Crippen LogP contribution is 2.20. The highest BCUT2D eigenvalue weighted by molar-refractivity contribution is 5.76. The van der Waals surface area contributed by atoms with Gasteiger partial charge in [0.2, 0.25) is 0 Å². The van der Waals surface area contributed by atoms with Crippen molar-refractivity contribution in [2.45, 2.75) is 38.3 Å². The number of carbonyl (C=O) groups is 1. The number of esters is 1. The average Bonchev–Trinajstić information content (AvgIpc) is 3.28. The summed E-state index contributed by atoms with van der Waals surface area (Å²) in [5.41, 5.74) is 0. The van der Waals surface area contributed by atoms with Gasteiger partial charge in [-0.25, -0.2) is 0 Å². The van der Waals surface area contributed by atoms with E-state index in [0.717, 1.165) is 39.0 Å². The molecule has 21 heavy (non-hydrogen) atoms. The molecule has 0 heterocycles. The van der Waals surface area contributed by atoms with E-state index in [4.69, 9.17) is 14.2 Å². The van der Waals surface area contributed by atoms with Crippen LogP contribution in [0.3, 0.4) is 0 Å². The van der Waals surface area contributed by atoms with Crippen molar-refractivity contribution in [3.05, 3.63) is 0 Å². The van der Waals surface area contributed by atoms with Gasteiger partial charge in [-0.05, 0) is 26.2 Å². The van der Waals surface area contributed by atoms with E-state index in [1.54, 1.807) is 14.2 Å². The van der Waals surface area contributed by atoms with Crippen molar-refractivity contribution in [3.63, 3.8) is 0 Å². The molecule has 1 aliphatic rings. The molecule has 124 valence electrons. The van der Waals surface area contributed by atoms with Gasteiger partial charge in [0.05, 0.1) is 13.2 Å². The molecule has 0 saturated heterocycles. The number of rotatable bonds is 13. The maximum atomic E-state index is 12.1. The van der Waals surface area contributed by atoms with Crippen LogP contribution in [0, 0.1) is 0 Å². The third-order valence-electron chi connectivity index (χ3n) is 3.46. The normalized spacial score (nSPS) is 16.2. The number of hydrogen-bond acceptors (Lipinski definition) is 6. The molecule has 0 radical (unpaired) electrons. The molecule has 1 rings (SSSR count). The van der Waals surface area contributed by atoms with Crippen molar-refractivity contribution in [2.75, 3.05) is 53.7 Å². The van der Waals surface area contributed by atoms with Crippen LogP contribution in [0.5, 0.6) is 0 Å². The summed E-state index contributed by atoms with van der Waals surface area (Å²) in [5, 5.41) is 3.38. The zero-order valence-corrected chi connectivity index (χ0v) is 13.6. The number of nitrogens with one attached hydrogen (secondary N) is 1. The lowest BCUT2D eigenvalue weighted by Gasteiger charge is -2.27. The smallest absolute Gasteiger partial charge is 0.324 e. The van der Waals surface area contributed by atoms with Gasteiger partial charge in [0.1, 0.15) is 6.04 Å². The van der Waals surface area contributed by atoms with Crippen LogP contribution in [-0.2, 0) is 19.0 Å². The van der Waals surface area contributed by atoms with Gasteiger partial charge in [0.15, 0.2) is 0 Å². The average molecular weight is 302 g/mol. The molecule has 1 atom stereocenters. The summed E-state index contributed by atoms with van der Waals surface area (Å²) >= 11 is 0. The Morgan fingerprint density at radius 3 is 2.52 bits per heavy atom. The molecule has 6 heteroatoms. The third kappa shape index (κ3) is 8.36. The van der Waals surface area contributed by atoms with Crippen molar-refractivity contribution in [2.24, 2.45) is 0 Å². The van der Waals surface area contributed by atoms with Gasteiger partial charge in [-0.3, -0.25) is 9.69 Å². The van der Waals surface area contributed by atoms with Crippen molar-refractivity contribution >= 4 is 5.97 Å². The largest absolute Gasteiger partial charge is 0.465 e. The van der Waals surface area contributed by atoms with Crippen LogP contribution in [0.2, 0.25) is 0 Å². The van der Waals surface area contributed by atoms with Gasteiger partial charge in [0.25, 0.3) is 0 Å². The molecule has 0 bridgehead atoms. The zero-order chi connectivity index (χ0) is 15.5. The quantitative estimate of drug-likeness (QED) is 0.398. The second kappa shape index (κ2) is 11.0. The Morgan fingerprint density at radius 2 is 1.95 bits per heavy atom. The molecule has 1 unspecified atom stereocenters. The standard InChI is InChI=1S/C15H30N2O4/c1-4-21-15(18)14(16-13-6-7-13)12-17(9-11-20-3)8-5-10-19-2/h13-14,16H,4-12H2,1-3H3. The summed E-state index contributed by atoms with van der Waals surface area (Å²) in [6, 6.07) is 0.222. The first-order chi connectivity index (χ1) is 10.2. The van der Waals surface area contributed by atoms with Crippen LogP contribution in [0.25, 0.3) is 0 Å². The Bertz CT molecular complexity index is 285. The summed E-state index contributed by atoms with van der Waals surface area (Å²) < 4.78 is 15.4. The van der Waals surface area contributed by atoms with E-state index >= 15 is 0 Å². The Labute approximate surface area is 128 Å². The molecule has 6 nitrogen and oxygen atoms in total. The number of ether oxygens (including phenoxy) is 3. The molecule has 0 aromatic rings. The number of hydrogen-bond donors (Lipinski definition) is 1. The van der Waals surface area contributed by atoms with Crippen LogP contribution in [0.4, 0.5) is 0 Å². The maximum Gasteiger partial charge on any atom is 0.324 e. The van der Waals surface area contributed by atoms with E-state index in [1.165, 1.54) is 0 Å². The second-order valence-electron chi connectivity index (χ2n) is 5.39. The first kappa shape index (κ1) is 18.4. The minimum atomic E-state index is -0.253. The molecule has 0 aliphatic heterocycles. The topological polar surface area (TPSA) is 60.0 Å². The molecule has 0 aromatic carbocycles. The van der Waals surface area contributed by atoms with Crippen LogP contribution in [0.15, 0.2) is 0 Å². The van der Waals surface area contributed by atoms with Crippen LogP contribution >= 0.6 is 0 Å². The van der Waals surface area contributed by atoms with Gasteiger partial charge < -0.3 is 19.5 Å². The van der Waals surface area contributed by atoms with Gasteiger partial charge >= 0.3 is 5.97 Å². The molecular formula is C15H30N2O4. The SMILES string of the molecule is CCOC(=O)C(CN(CCCOC)CCOC)NC1CC1. The van der Waals surface area contributed by atoms with Gasteiger partial charge in [-0.15, -0.1) is 0 Å². The fraction of sp³-hybridized carbons (Fsp3) is 0.933. The van der Waals surface area contributed by atoms with E-state index in [-0.39, 0.29) is 12.0 Å². The Morgan fingerprint density at radius 1 is 1.24 bits per heavy atom. The lowest BCUT2D eigenvalue weighted by atomic mass is 10.2. The minimum absolute atomic E-state index is 0.154. The monoisotopic (exact) mass is 302 g/mol. The molecular weight excluding hydrogens is 272 g/mol. The van der Waals surface area contributed by atoms with Crippen molar-refractivity contribution < 1.29 is 19.0 Å². The predicted molar refractivity (Wildman–Crippen MR) is 81.4 cm³/mol. The first-order valence-electron chi connectivity index (χ1n) is 7.84. The minimum Gasteiger partial charge on any atom is -0.465 e. The number of methoxy groups -OCH3 is 2. The van der Waals surface area contributed by atoms with Crippen LogP contribution < -0.4 is 5.32 Å². The molecule has 0 spiro atoms. The molecule has 0 aromatic heterocycles. The molecule has 1 N–H and O–H groups in total. The first-order valence-corrected chi connectivity index (χ1v) is 7.84. The molecule has 1 fully saturated rings. The Balaban J connectivity index is 2.48. The van der Waals surface area contributed by atoms with Crippen LogP contribution in [0.1, 0.15) is 26.2 Å². The lowest BCUT2D eigenvalue weighted by molar-refractivity contribution is -0.146. The number of nitrogens with zero attached hydrogens (tertiary/aromatic N) is 1. The van der Waals surface area contributed by atoms with E-state index in [9.17, 15) is 4.79 Å². The molecule has 1 saturated carbocycles. The second-order valence-corrected chi connectivity index (χ2v) is 5.39. The number of carbonyl (C=O) groups excluding carboxylic acids is 1. The van der Waals surface area contributed by atoms with Crippen LogP contribution in [-0.4, -0.2) is 76.6 Å². The van der Waals surface area contributed by atoms with E-state index in [1.807, 2.05) is 6.92 Å². The van der Waals surface area contributed by atoms with E-state index in [2.05, 4.69) is 10.2 Å². The highest BCUT2D eigenvalue weighted by atomic mass is 16.5. The summed E-state index contributed by atoms with van der Waals surface area (Å²) in [4.78, 5) is 14.3. The summed E-state index contributed by atoms with van der Waals surface area (Å²) in [6.45, 7) is 6.00. The zero-order valence-electron chi connectivity index (χ0n) is 13.6. The molecule has 1 aliphatic carbocycles. The van der Waals surface area contributed by atoms with Gasteiger partial charge in [-0.1, -0.05) is 0 Å². The fourth-order valence-electron chi connectivity index (χ4n) is 2.18. The van der Waals surface area contributed by atoms with Crippen molar-refractivity contribution in [1.29, 1.82) is 0 Å². The lowest BCUT2D eigenvalue weighted by Crippen LogP contribution is -2.48. The third-order valence-corrected chi connectivity index (χ3v) is 3.46. The van der Waals surface area contributed by atoms with E-state index in [0.29, 0.717) is 25.8 Å². The summed E-state index contributed by atoms with van der Waals surface area (Å²) in [5.74, 6) is -0.154. The maximum absolute atomic E-state index is 12.1. The molecule has 0 amide bonds. The van der Waals surface area contributed by atoms with Crippen molar-refractivity contribution in [1.82, 2.24) is 10.2 Å². The van der Waals surface area contributed by atoms with Gasteiger partial charge in [-0.2, -0.15) is 0 Å². The van der Waals surface area contributed by atoms with Gasteiger partial charge in [0, 0.05) is 46.5 Å². The summed E-state index contributed by atoms with van der Waals surface area (Å²) in [6.07, 6.45) is 3.24. The van der Waals surface area contributed by atoms with E-state index < -0.39 is 0 Å². The summed E-state index contributed by atoms with van der Waals surface area (Å²) in [7, 11) is 3.40. The van der Waals surface area contributed by atoms with Crippen molar-refractivity contribution in [3.8, 4) is 0 Å².